The Kier molecular flexibility index (Phi) is 6.81. The minimum atomic E-state index is -0.499. The van der Waals surface area contributed by atoms with Gasteiger partial charge >= 0.3 is 0 Å². The SMILES string of the molecule is N[C@@H](CC(=O)N1Cc2ccccc2C[C@H]1COc1cccc(F)c1)Cc1ccccc1F. The van der Waals surface area contributed by atoms with Crippen molar-refractivity contribution in [2.45, 2.75) is 37.9 Å². The van der Waals surface area contributed by atoms with Crippen LogP contribution in [0.2, 0.25) is 0 Å². The van der Waals surface area contributed by atoms with Gasteiger partial charge in [-0.25, -0.2) is 8.78 Å². The zero-order chi connectivity index (χ0) is 22.5. The van der Waals surface area contributed by atoms with Gasteiger partial charge in [-0.15, -0.1) is 0 Å². The second-order valence-corrected chi connectivity index (χ2v) is 8.18. The monoisotopic (exact) mass is 436 g/mol. The molecular formula is C26H26F2N2O2. The van der Waals surface area contributed by atoms with Crippen molar-refractivity contribution in [1.82, 2.24) is 4.90 Å². The lowest BCUT2D eigenvalue weighted by Crippen LogP contribution is -2.48. The first-order valence-corrected chi connectivity index (χ1v) is 10.7. The number of benzene rings is 3. The number of fused-ring (bicyclic) bond motifs is 1. The zero-order valence-electron chi connectivity index (χ0n) is 17.7. The Morgan fingerprint density at radius 3 is 2.56 bits per heavy atom. The predicted molar refractivity (Wildman–Crippen MR) is 119 cm³/mol. The van der Waals surface area contributed by atoms with Crippen LogP contribution in [0.25, 0.3) is 0 Å². The number of rotatable bonds is 7. The molecule has 0 fully saturated rings. The van der Waals surface area contributed by atoms with Crippen molar-refractivity contribution in [1.29, 1.82) is 0 Å². The van der Waals surface area contributed by atoms with Crippen molar-refractivity contribution in [3.05, 3.63) is 101 Å². The van der Waals surface area contributed by atoms with Crippen LogP contribution < -0.4 is 10.5 Å². The average molecular weight is 437 g/mol. The van der Waals surface area contributed by atoms with Gasteiger partial charge in [0.2, 0.25) is 5.91 Å². The van der Waals surface area contributed by atoms with E-state index in [2.05, 4.69) is 6.07 Å². The molecule has 32 heavy (non-hydrogen) atoms. The van der Waals surface area contributed by atoms with Crippen LogP contribution in [-0.2, 0) is 24.2 Å². The van der Waals surface area contributed by atoms with Gasteiger partial charge in [0.05, 0.1) is 6.04 Å². The third-order valence-electron chi connectivity index (χ3n) is 5.79. The van der Waals surface area contributed by atoms with Crippen LogP contribution in [0.5, 0.6) is 5.75 Å². The zero-order valence-corrected chi connectivity index (χ0v) is 17.7. The van der Waals surface area contributed by atoms with Crippen molar-refractivity contribution >= 4 is 5.91 Å². The molecule has 0 saturated carbocycles. The van der Waals surface area contributed by atoms with Crippen LogP contribution in [-0.4, -0.2) is 29.5 Å². The summed E-state index contributed by atoms with van der Waals surface area (Å²) in [4.78, 5) is 15.0. The standard InChI is InChI=1S/C26H26F2N2O2/c27-21-9-5-10-24(14-21)32-17-23-13-18-6-1-2-8-20(18)16-30(23)26(31)15-22(29)12-19-7-3-4-11-25(19)28/h1-11,14,22-23H,12-13,15-17,29H2/t22-,23+/m1/s1. The highest BCUT2D eigenvalue weighted by Gasteiger charge is 2.31. The average Bonchev–Trinajstić information content (AvgIpc) is 2.78. The summed E-state index contributed by atoms with van der Waals surface area (Å²) in [6.07, 6.45) is 1.03. The molecule has 1 heterocycles. The fourth-order valence-corrected chi connectivity index (χ4v) is 4.14. The van der Waals surface area contributed by atoms with Crippen LogP contribution in [0.3, 0.4) is 0 Å². The van der Waals surface area contributed by atoms with Gasteiger partial charge in [-0.3, -0.25) is 4.79 Å². The molecular weight excluding hydrogens is 410 g/mol. The van der Waals surface area contributed by atoms with E-state index in [-0.39, 0.29) is 43.0 Å². The Balaban J connectivity index is 1.46. The molecule has 0 radical (unpaired) electrons. The molecule has 2 atom stereocenters. The van der Waals surface area contributed by atoms with E-state index in [0.29, 0.717) is 24.3 Å². The summed E-state index contributed by atoms with van der Waals surface area (Å²) in [7, 11) is 0. The summed E-state index contributed by atoms with van der Waals surface area (Å²) in [6, 6.07) is 19.7. The van der Waals surface area contributed by atoms with E-state index in [4.69, 9.17) is 10.5 Å². The fourth-order valence-electron chi connectivity index (χ4n) is 4.14. The number of nitrogens with zero attached hydrogens (tertiary/aromatic N) is 1. The predicted octanol–water partition coefficient (Wildman–Crippen LogP) is 4.26. The minimum Gasteiger partial charge on any atom is -0.491 e. The first kappa shape index (κ1) is 22.0. The Labute approximate surface area is 186 Å². The maximum absolute atomic E-state index is 14.0. The molecule has 166 valence electrons. The number of ether oxygens (including phenoxy) is 1. The quantitative estimate of drug-likeness (QED) is 0.602. The van der Waals surface area contributed by atoms with E-state index < -0.39 is 6.04 Å². The Hall–Kier alpha value is -3.25. The van der Waals surface area contributed by atoms with Gasteiger partial charge < -0.3 is 15.4 Å². The van der Waals surface area contributed by atoms with E-state index in [1.54, 1.807) is 35.2 Å². The largest absolute Gasteiger partial charge is 0.491 e. The Morgan fingerprint density at radius 2 is 1.78 bits per heavy atom. The number of hydrogen-bond acceptors (Lipinski definition) is 3. The second-order valence-electron chi connectivity index (χ2n) is 8.18. The molecule has 0 bridgehead atoms. The summed E-state index contributed by atoms with van der Waals surface area (Å²) in [5, 5.41) is 0. The lowest BCUT2D eigenvalue weighted by atomic mass is 9.93. The first-order valence-electron chi connectivity index (χ1n) is 10.7. The van der Waals surface area contributed by atoms with Crippen LogP contribution in [0.15, 0.2) is 72.8 Å². The highest BCUT2D eigenvalue weighted by Crippen LogP contribution is 2.25. The fraction of sp³-hybridized carbons (Fsp3) is 0.269. The number of nitrogens with two attached hydrogens (primary N) is 1. The molecule has 1 aliphatic rings. The molecule has 3 aromatic rings. The van der Waals surface area contributed by atoms with Gasteiger partial charge in [-0.05, 0) is 47.7 Å². The molecule has 1 aliphatic heterocycles. The van der Waals surface area contributed by atoms with Crippen molar-refractivity contribution in [3.63, 3.8) is 0 Å². The van der Waals surface area contributed by atoms with Crippen LogP contribution >= 0.6 is 0 Å². The van der Waals surface area contributed by atoms with Gasteiger partial charge in [0.1, 0.15) is 24.0 Å². The Morgan fingerprint density at radius 1 is 1.03 bits per heavy atom. The molecule has 0 spiro atoms. The van der Waals surface area contributed by atoms with Crippen molar-refractivity contribution in [3.8, 4) is 5.75 Å². The van der Waals surface area contributed by atoms with E-state index >= 15 is 0 Å². The minimum absolute atomic E-state index is 0.101. The van der Waals surface area contributed by atoms with Crippen LogP contribution in [0.1, 0.15) is 23.1 Å². The molecule has 1 amide bonds. The summed E-state index contributed by atoms with van der Waals surface area (Å²) in [6.45, 7) is 0.699. The van der Waals surface area contributed by atoms with Gasteiger partial charge in [-0.2, -0.15) is 0 Å². The molecule has 0 aromatic heterocycles. The van der Waals surface area contributed by atoms with E-state index in [9.17, 15) is 13.6 Å². The smallest absolute Gasteiger partial charge is 0.224 e. The summed E-state index contributed by atoms with van der Waals surface area (Å²) < 4.78 is 33.3. The molecule has 0 saturated heterocycles. The molecule has 6 heteroatoms. The van der Waals surface area contributed by atoms with Gasteiger partial charge in [0.25, 0.3) is 0 Å². The lowest BCUT2D eigenvalue weighted by Gasteiger charge is -2.37. The van der Waals surface area contributed by atoms with Gasteiger partial charge in [-0.1, -0.05) is 48.5 Å². The molecule has 4 rings (SSSR count). The number of halogens is 2. The number of carbonyl (C=O) groups is 1. The van der Waals surface area contributed by atoms with Gasteiger partial charge in [0, 0.05) is 25.1 Å². The lowest BCUT2D eigenvalue weighted by molar-refractivity contribution is -0.135. The summed E-state index contributed by atoms with van der Waals surface area (Å²) in [5.74, 6) is -0.365. The van der Waals surface area contributed by atoms with Crippen molar-refractivity contribution in [2.24, 2.45) is 5.73 Å². The Bertz CT molecular complexity index is 1090. The molecule has 4 nitrogen and oxygen atoms in total. The maximum Gasteiger partial charge on any atom is 0.224 e. The summed E-state index contributed by atoms with van der Waals surface area (Å²) in [5.41, 5.74) is 8.97. The van der Waals surface area contributed by atoms with Crippen molar-refractivity contribution < 1.29 is 18.3 Å². The highest BCUT2D eigenvalue weighted by atomic mass is 19.1. The highest BCUT2D eigenvalue weighted by molar-refractivity contribution is 5.77. The van der Waals surface area contributed by atoms with Crippen molar-refractivity contribution in [2.75, 3.05) is 6.61 Å². The molecule has 0 aliphatic carbocycles. The van der Waals surface area contributed by atoms with Crippen LogP contribution in [0, 0.1) is 11.6 Å². The molecule has 0 unspecified atom stereocenters. The third-order valence-corrected chi connectivity index (χ3v) is 5.79. The van der Waals surface area contributed by atoms with E-state index in [0.717, 1.165) is 5.56 Å². The second kappa shape index (κ2) is 9.92. The topological polar surface area (TPSA) is 55.6 Å². The number of carbonyl (C=O) groups excluding carboxylic acids is 1. The molecule has 3 aromatic carbocycles. The van der Waals surface area contributed by atoms with E-state index in [1.165, 1.54) is 23.8 Å². The first-order chi connectivity index (χ1) is 15.5. The van der Waals surface area contributed by atoms with E-state index in [1.807, 2.05) is 18.2 Å². The number of hydrogen-bond donors (Lipinski definition) is 1. The maximum atomic E-state index is 14.0. The molecule has 2 N–H and O–H groups in total. The normalized spacial score (nSPS) is 16.3. The summed E-state index contributed by atoms with van der Waals surface area (Å²) >= 11 is 0. The van der Waals surface area contributed by atoms with Crippen LogP contribution in [0.4, 0.5) is 8.78 Å². The van der Waals surface area contributed by atoms with Gasteiger partial charge in [0.15, 0.2) is 0 Å². The number of amides is 1. The third kappa shape index (κ3) is 5.32.